The average molecular weight is 402 g/mol. The summed E-state index contributed by atoms with van der Waals surface area (Å²) in [6, 6.07) is 10.7. The normalized spacial score (nSPS) is 15.9. The quantitative estimate of drug-likeness (QED) is 0.753. The SMILES string of the molecule is COc1cccc(CC(=O)NC(c2ccc(F)c(F)c2)C(C)(C)N2CCCC2)c1. The predicted molar refractivity (Wildman–Crippen MR) is 109 cm³/mol. The van der Waals surface area contributed by atoms with Crippen LogP contribution >= 0.6 is 0 Å². The number of nitrogens with one attached hydrogen (secondary N) is 1. The minimum Gasteiger partial charge on any atom is -0.497 e. The molecule has 1 saturated heterocycles. The van der Waals surface area contributed by atoms with Crippen molar-refractivity contribution in [3.63, 3.8) is 0 Å². The summed E-state index contributed by atoms with van der Waals surface area (Å²) in [5.41, 5.74) is 0.926. The van der Waals surface area contributed by atoms with Gasteiger partial charge in [-0.3, -0.25) is 9.69 Å². The van der Waals surface area contributed by atoms with Gasteiger partial charge >= 0.3 is 0 Å². The van der Waals surface area contributed by atoms with Crippen molar-refractivity contribution in [1.29, 1.82) is 0 Å². The van der Waals surface area contributed by atoms with E-state index in [0.717, 1.165) is 37.6 Å². The summed E-state index contributed by atoms with van der Waals surface area (Å²) < 4.78 is 32.7. The highest BCUT2D eigenvalue weighted by Crippen LogP contribution is 2.34. The molecule has 4 nitrogen and oxygen atoms in total. The van der Waals surface area contributed by atoms with E-state index in [-0.39, 0.29) is 12.3 Å². The maximum absolute atomic E-state index is 14.0. The molecule has 0 aliphatic carbocycles. The molecule has 1 aliphatic rings. The van der Waals surface area contributed by atoms with E-state index in [9.17, 15) is 13.6 Å². The summed E-state index contributed by atoms with van der Waals surface area (Å²) in [4.78, 5) is 15.2. The zero-order chi connectivity index (χ0) is 21.0. The van der Waals surface area contributed by atoms with Crippen LogP contribution in [0.3, 0.4) is 0 Å². The lowest BCUT2D eigenvalue weighted by Gasteiger charge is -2.42. The Morgan fingerprint density at radius 3 is 2.52 bits per heavy atom. The van der Waals surface area contributed by atoms with Gasteiger partial charge in [0.2, 0.25) is 5.91 Å². The van der Waals surface area contributed by atoms with Gasteiger partial charge in [-0.2, -0.15) is 0 Å². The van der Waals surface area contributed by atoms with E-state index in [1.807, 2.05) is 38.1 Å². The Morgan fingerprint density at radius 2 is 1.86 bits per heavy atom. The van der Waals surface area contributed by atoms with Crippen molar-refractivity contribution in [2.24, 2.45) is 0 Å². The van der Waals surface area contributed by atoms with Crippen molar-refractivity contribution in [2.75, 3.05) is 20.2 Å². The summed E-state index contributed by atoms with van der Waals surface area (Å²) >= 11 is 0. The first-order valence-corrected chi connectivity index (χ1v) is 9.93. The minimum absolute atomic E-state index is 0.174. The van der Waals surface area contributed by atoms with E-state index in [0.29, 0.717) is 11.3 Å². The molecular formula is C23H28F2N2O2. The molecule has 2 aromatic rings. The van der Waals surface area contributed by atoms with Crippen molar-refractivity contribution in [3.8, 4) is 5.75 Å². The van der Waals surface area contributed by atoms with Crippen LogP contribution < -0.4 is 10.1 Å². The number of nitrogens with zero attached hydrogens (tertiary/aromatic N) is 1. The third-order valence-electron chi connectivity index (χ3n) is 5.71. The fourth-order valence-electron chi connectivity index (χ4n) is 4.02. The number of hydrogen-bond donors (Lipinski definition) is 1. The highest BCUT2D eigenvalue weighted by atomic mass is 19.2. The van der Waals surface area contributed by atoms with Crippen LogP contribution in [0.25, 0.3) is 0 Å². The molecule has 6 heteroatoms. The number of amides is 1. The van der Waals surface area contributed by atoms with Gasteiger partial charge in [0.1, 0.15) is 5.75 Å². The second-order valence-electron chi connectivity index (χ2n) is 8.05. The highest BCUT2D eigenvalue weighted by molar-refractivity contribution is 5.79. The van der Waals surface area contributed by atoms with Gasteiger partial charge in [-0.25, -0.2) is 8.78 Å². The molecule has 1 aliphatic heterocycles. The molecule has 3 rings (SSSR count). The van der Waals surface area contributed by atoms with Gasteiger partial charge in [0.15, 0.2) is 11.6 Å². The van der Waals surface area contributed by atoms with Crippen molar-refractivity contribution < 1.29 is 18.3 Å². The number of halogens is 2. The van der Waals surface area contributed by atoms with Crippen LogP contribution in [0.5, 0.6) is 5.75 Å². The first-order valence-electron chi connectivity index (χ1n) is 9.93. The molecule has 1 N–H and O–H groups in total. The van der Waals surface area contributed by atoms with Gasteiger partial charge in [-0.15, -0.1) is 0 Å². The molecule has 0 radical (unpaired) electrons. The topological polar surface area (TPSA) is 41.6 Å². The highest BCUT2D eigenvalue weighted by Gasteiger charge is 2.38. The molecule has 0 saturated carbocycles. The van der Waals surface area contributed by atoms with Gasteiger partial charge in [0.05, 0.1) is 19.6 Å². The number of methoxy groups -OCH3 is 1. The molecule has 156 valence electrons. The van der Waals surface area contributed by atoms with Gasteiger partial charge in [-0.05, 0) is 75.2 Å². The Kier molecular flexibility index (Phi) is 6.52. The molecule has 0 spiro atoms. The molecular weight excluding hydrogens is 374 g/mol. The fraction of sp³-hybridized carbons (Fsp3) is 0.435. The van der Waals surface area contributed by atoms with Gasteiger partial charge in [0, 0.05) is 5.54 Å². The third-order valence-corrected chi connectivity index (χ3v) is 5.71. The standard InChI is InChI=1S/C23H28F2N2O2/c1-23(2,27-11-4-5-12-27)22(17-9-10-19(24)20(25)15-17)26-21(28)14-16-7-6-8-18(13-16)29-3/h6-10,13,15,22H,4-5,11-12,14H2,1-3H3,(H,26,28). The van der Waals surface area contributed by atoms with Crippen LogP contribution in [0.1, 0.15) is 43.9 Å². The predicted octanol–water partition coefficient (Wildman–Crippen LogP) is 4.25. The molecule has 2 aromatic carbocycles. The second-order valence-corrected chi connectivity index (χ2v) is 8.05. The van der Waals surface area contributed by atoms with Crippen molar-refractivity contribution in [2.45, 2.75) is 44.7 Å². The molecule has 1 atom stereocenters. The van der Waals surface area contributed by atoms with E-state index in [4.69, 9.17) is 4.74 Å². The fourth-order valence-corrected chi connectivity index (χ4v) is 4.02. The summed E-state index contributed by atoms with van der Waals surface area (Å²) in [5, 5.41) is 3.07. The third kappa shape index (κ3) is 4.93. The van der Waals surface area contributed by atoms with Gasteiger partial charge in [-0.1, -0.05) is 18.2 Å². The van der Waals surface area contributed by atoms with E-state index >= 15 is 0 Å². The zero-order valence-corrected chi connectivity index (χ0v) is 17.2. The van der Waals surface area contributed by atoms with Crippen LogP contribution in [0, 0.1) is 11.6 Å². The monoisotopic (exact) mass is 402 g/mol. The second kappa shape index (κ2) is 8.91. The molecule has 1 fully saturated rings. The Labute approximate surface area is 170 Å². The zero-order valence-electron chi connectivity index (χ0n) is 17.2. The van der Waals surface area contributed by atoms with Crippen LogP contribution in [-0.2, 0) is 11.2 Å². The van der Waals surface area contributed by atoms with Crippen molar-refractivity contribution in [3.05, 3.63) is 65.2 Å². The Balaban J connectivity index is 1.85. The Hall–Kier alpha value is -2.47. The van der Waals surface area contributed by atoms with Crippen LogP contribution in [0.2, 0.25) is 0 Å². The maximum atomic E-state index is 14.0. The maximum Gasteiger partial charge on any atom is 0.224 e. The number of likely N-dealkylation sites (tertiary alicyclic amines) is 1. The van der Waals surface area contributed by atoms with Gasteiger partial charge in [0.25, 0.3) is 0 Å². The summed E-state index contributed by atoms with van der Waals surface area (Å²) in [5.74, 6) is -1.30. The van der Waals surface area contributed by atoms with E-state index in [2.05, 4.69) is 10.2 Å². The number of ether oxygens (including phenoxy) is 1. The number of carbonyl (C=O) groups is 1. The summed E-state index contributed by atoms with van der Waals surface area (Å²) in [6.07, 6.45) is 2.35. The van der Waals surface area contributed by atoms with Crippen LogP contribution in [-0.4, -0.2) is 36.5 Å². The van der Waals surface area contributed by atoms with E-state index < -0.39 is 23.2 Å². The molecule has 0 aromatic heterocycles. The molecule has 1 amide bonds. The molecule has 0 bridgehead atoms. The first kappa shape index (κ1) is 21.2. The number of hydrogen-bond acceptors (Lipinski definition) is 3. The first-order chi connectivity index (χ1) is 13.8. The lowest BCUT2D eigenvalue weighted by Crippen LogP contribution is -2.53. The van der Waals surface area contributed by atoms with Crippen LogP contribution in [0.15, 0.2) is 42.5 Å². The van der Waals surface area contributed by atoms with Crippen molar-refractivity contribution in [1.82, 2.24) is 10.2 Å². The number of rotatable bonds is 7. The average Bonchev–Trinajstić information content (AvgIpc) is 3.24. The largest absolute Gasteiger partial charge is 0.497 e. The Morgan fingerprint density at radius 1 is 1.14 bits per heavy atom. The Bertz CT molecular complexity index is 864. The number of benzene rings is 2. The molecule has 1 heterocycles. The van der Waals surface area contributed by atoms with Crippen LogP contribution in [0.4, 0.5) is 8.78 Å². The molecule has 29 heavy (non-hydrogen) atoms. The lowest BCUT2D eigenvalue weighted by atomic mass is 9.86. The lowest BCUT2D eigenvalue weighted by molar-refractivity contribution is -0.122. The smallest absolute Gasteiger partial charge is 0.224 e. The summed E-state index contributed by atoms with van der Waals surface area (Å²) in [6.45, 7) is 5.91. The van der Waals surface area contributed by atoms with Gasteiger partial charge < -0.3 is 10.1 Å². The van der Waals surface area contributed by atoms with E-state index in [1.165, 1.54) is 6.07 Å². The minimum atomic E-state index is -0.910. The van der Waals surface area contributed by atoms with Crippen molar-refractivity contribution >= 4 is 5.91 Å². The number of carbonyl (C=O) groups excluding carboxylic acids is 1. The molecule has 1 unspecified atom stereocenters. The van der Waals surface area contributed by atoms with E-state index in [1.54, 1.807) is 13.2 Å². The summed E-state index contributed by atoms with van der Waals surface area (Å²) in [7, 11) is 1.58.